The van der Waals surface area contributed by atoms with Gasteiger partial charge in [-0.2, -0.15) is 0 Å². The molecular weight excluding hydrogens is 448 g/mol. The molecule has 9 heteroatoms. The first-order valence-electron chi connectivity index (χ1n) is 10.4. The van der Waals surface area contributed by atoms with Crippen LogP contribution in [-0.4, -0.2) is 42.1 Å². The molecule has 33 heavy (non-hydrogen) atoms. The molecule has 0 aliphatic rings. The number of benzene rings is 2. The van der Waals surface area contributed by atoms with E-state index in [1.54, 1.807) is 19.1 Å². The molecule has 2 unspecified atom stereocenters. The van der Waals surface area contributed by atoms with Crippen molar-refractivity contribution in [3.63, 3.8) is 0 Å². The van der Waals surface area contributed by atoms with Gasteiger partial charge in [0.15, 0.2) is 0 Å². The molecule has 8 nitrogen and oxygen atoms in total. The largest absolute Gasteiger partial charge is 0.481 e. The van der Waals surface area contributed by atoms with Crippen molar-refractivity contribution in [1.29, 1.82) is 0 Å². The summed E-state index contributed by atoms with van der Waals surface area (Å²) in [6, 6.07) is 12.1. The first-order valence-corrected chi connectivity index (χ1v) is 11.8. The van der Waals surface area contributed by atoms with E-state index in [1.165, 1.54) is 43.3 Å². The van der Waals surface area contributed by atoms with Crippen molar-refractivity contribution in [1.82, 2.24) is 0 Å². The van der Waals surface area contributed by atoms with Crippen LogP contribution in [-0.2, 0) is 35.4 Å². The van der Waals surface area contributed by atoms with E-state index < -0.39 is 58.0 Å². The maximum Gasteiger partial charge on any atom is 0.304 e. The fraction of sp³-hybridized carbons (Fsp3) is 0.333. The average Bonchev–Trinajstić information content (AvgIpc) is 2.75. The quantitative estimate of drug-likeness (QED) is 0.478. The van der Waals surface area contributed by atoms with Crippen molar-refractivity contribution in [3.8, 4) is 0 Å². The third-order valence-corrected chi connectivity index (χ3v) is 7.09. The molecule has 2 atom stereocenters. The number of aliphatic carboxylic acids is 2. The molecule has 0 bridgehead atoms. The Morgan fingerprint density at radius 3 is 1.85 bits per heavy atom. The van der Waals surface area contributed by atoms with E-state index in [4.69, 9.17) is 5.11 Å². The number of sulfone groups is 1. The van der Waals surface area contributed by atoms with Gasteiger partial charge in [-0.1, -0.05) is 31.2 Å². The number of carbonyl (C=O) groups is 4. The number of Topliss-reactive ketones (excluding diaryl/α,β-unsaturated/α-hetero) is 2. The smallest absolute Gasteiger partial charge is 0.304 e. The number of carboxylic acid groups (broad SMARTS) is 2. The molecule has 0 fully saturated rings. The van der Waals surface area contributed by atoms with Gasteiger partial charge in [0.1, 0.15) is 11.6 Å². The molecule has 2 N–H and O–H groups in total. The van der Waals surface area contributed by atoms with Crippen molar-refractivity contribution in [2.45, 2.75) is 49.3 Å². The lowest BCUT2D eigenvalue weighted by Crippen LogP contribution is -2.34. The predicted molar refractivity (Wildman–Crippen MR) is 119 cm³/mol. The van der Waals surface area contributed by atoms with E-state index in [0.29, 0.717) is 5.56 Å². The third kappa shape index (κ3) is 6.82. The lowest BCUT2D eigenvalue weighted by molar-refractivity contribution is -0.147. The molecule has 0 saturated carbocycles. The minimum absolute atomic E-state index is 0.0279. The highest BCUT2D eigenvalue weighted by Crippen LogP contribution is 2.27. The highest BCUT2D eigenvalue weighted by atomic mass is 32.2. The standard InChI is InChI=1S/C24H26O8S/c1-3-21(25)19(13-23(27)28)20(14-24(29)30)22(26)12-16-7-5-9-18(11-16)33(31,32)17-8-4-6-15(2)10-17/h4-11,19-20H,3,12-14H2,1-2H3,(H,27,28)(H,29,30). The topological polar surface area (TPSA) is 143 Å². The first kappa shape index (κ1) is 25.9. The maximum atomic E-state index is 13.0. The minimum atomic E-state index is -3.85. The fourth-order valence-electron chi connectivity index (χ4n) is 3.67. The number of ketones is 2. The second-order valence-electron chi connectivity index (χ2n) is 7.84. The van der Waals surface area contributed by atoms with Crippen LogP contribution in [0.5, 0.6) is 0 Å². The lowest BCUT2D eigenvalue weighted by Gasteiger charge is -2.22. The molecule has 0 aliphatic carbocycles. The Morgan fingerprint density at radius 1 is 0.818 bits per heavy atom. The summed E-state index contributed by atoms with van der Waals surface area (Å²) in [5, 5.41) is 18.4. The maximum absolute atomic E-state index is 13.0. The highest BCUT2D eigenvalue weighted by Gasteiger charge is 2.35. The number of hydrogen-bond acceptors (Lipinski definition) is 6. The van der Waals surface area contributed by atoms with Gasteiger partial charge in [0, 0.05) is 24.7 Å². The van der Waals surface area contributed by atoms with Gasteiger partial charge >= 0.3 is 11.9 Å². The normalized spacial score (nSPS) is 13.2. The van der Waals surface area contributed by atoms with E-state index >= 15 is 0 Å². The van der Waals surface area contributed by atoms with Gasteiger partial charge < -0.3 is 10.2 Å². The van der Waals surface area contributed by atoms with Gasteiger partial charge in [-0.3, -0.25) is 19.2 Å². The monoisotopic (exact) mass is 474 g/mol. The van der Waals surface area contributed by atoms with Crippen molar-refractivity contribution in [2.75, 3.05) is 0 Å². The van der Waals surface area contributed by atoms with Crippen LogP contribution in [0.1, 0.15) is 37.3 Å². The zero-order chi connectivity index (χ0) is 24.8. The number of hydrogen-bond donors (Lipinski definition) is 2. The Labute approximate surface area is 192 Å². The molecule has 0 aromatic heterocycles. The van der Waals surface area contributed by atoms with Crippen molar-refractivity contribution >= 4 is 33.3 Å². The molecule has 0 amide bonds. The Morgan fingerprint density at radius 2 is 1.33 bits per heavy atom. The van der Waals surface area contributed by atoms with Gasteiger partial charge in [0.05, 0.1) is 22.6 Å². The second-order valence-corrected chi connectivity index (χ2v) is 9.79. The van der Waals surface area contributed by atoms with Gasteiger partial charge in [0.2, 0.25) is 9.84 Å². The summed E-state index contributed by atoms with van der Waals surface area (Å²) in [6.45, 7) is 3.28. The minimum Gasteiger partial charge on any atom is -0.481 e. The van der Waals surface area contributed by atoms with Crippen LogP contribution in [0.25, 0.3) is 0 Å². The van der Waals surface area contributed by atoms with Crippen LogP contribution in [0.15, 0.2) is 58.3 Å². The van der Waals surface area contributed by atoms with Crippen LogP contribution in [0.3, 0.4) is 0 Å². The van der Waals surface area contributed by atoms with Crippen molar-refractivity contribution in [2.24, 2.45) is 11.8 Å². The van der Waals surface area contributed by atoms with Crippen LogP contribution in [0.4, 0.5) is 0 Å². The van der Waals surface area contributed by atoms with E-state index in [1.807, 2.05) is 0 Å². The Kier molecular flexibility index (Phi) is 8.64. The molecule has 0 aliphatic heterocycles. The molecular formula is C24H26O8S. The summed E-state index contributed by atoms with van der Waals surface area (Å²) in [7, 11) is -3.85. The predicted octanol–water partition coefficient (Wildman–Crippen LogP) is 3.10. The summed E-state index contributed by atoms with van der Waals surface area (Å²) in [5.41, 5.74) is 1.09. The fourth-order valence-corrected chi connectivity index (χ4v) is 5.11. The van der Waals surface area contributed by atoms with Crippen LogP contribution >= 0.6 is 0 Å². The van der Waals surface area contributed by atoms with Gasteiger partial charge in [-0.15, -0.1) is 0 Å². The lowest BCUT2D eigenvalue weighted by atomic mass is 9.78. The van der Waals surface area contributed by atoms with Gasteiger partial charge in [-0.25, -0.2) is 8.42 Å². The third-order valence-electron chi connectivity index (χ3n) is 5.34. The number of carbonyl (C=O) groups excluding carboxylic acids is 2. The van der Waals surface area contributed by atoms with E-state index in [9.17, 15) is 32.7 Å². The van der Waals surface area contributed by atoms with Gasteiger partial charge in [0.25, 0.3) is 0 Å². The van der Waals surface area contributed by atoms with E-state index in [2.05, 4.69) is 0 Å². The zero-order valence-corrected chi connectivity index (χ0v) is 19.2. The summed E-state index contributed by atoms with van der Waals surface area (Å²) >= 11 is 0. The first-order chi connectivity index (χ1) is 15.4. The number of carboxylic acids is 2. The summed E-state index contributed by atoms with van der Waals surface area (Å²) in [4.78, 5) is 48.0. The van der Waals surface area contributed by atoms with Crippen molar-refractivity contribution < 1.29 is 37.8 Å². The Balaban J connectivity index is 2.37. The molecule has 0 spiro atoms. The summed E-state index contributed by atoms with van der Waals surface area (Å²) < 4.78 is 26.0. The molecule has 0 heterocycles. The molecule has 2 rings (SSSR count). The summed E-state index contributed by atoms with van der Waals surface area (Å²) in [5.74, 6) is -6.37. The molecule has 0 radical (unpaired) electrons. The zero-order valence-electron chi connectivity index (χ0n) is 18.4. The Bertz CT molecular complexity index is 1170. The molecule has 0 saturated heterocycles. The van der Waals surface area contributed by atoms with Gasteiger partial charge in [-0.05, 0) is 42.3 Å². The number of aryl methyl sites for hydroxylation is 1. The SMILES string of the molecule is CCC(=O)C(CC(=O)O)C(CC(=O)O)C(=O)Cc1cccc(S(=O)(=O)c2cccc(C)c2)c1. The number of rotatable bonds is 12. The van der Waals surface area contributed by atoms with E-state index in [-0.39, 0.29) is 22.6 Å². The molecule has 2 aromatic carbocycles. The average molecular weight is 475 g/mol. The van der Waals surface area contributed by atoms with Crippen LogP contribution in [0, 0.1) is 18.8 Å². The summed E-state index contributed by atoms with van der Waals surface area (Å²) in [6.07, 6.45) is -1.71. The van der Waals surface area contributed by atoms with Crippen LogP contribution < -0.4 is 0 Å². The van der Waals surface area contributed by atoms with E-state index in [0.717, 1.165) is 5.56 Å². The molecule has 176 valence electrons. The Hall–Kier alpha value is -3.33. The second kappa shape index (κ2) is 11.0. The van der Waals surface area contributed by atoms with Crippen LogP contribution in [0.2, 0.25) is 0 Å². The highest BCUT2D eigenvalue weighted by molar-refractivity contribution is 7.91. The molecule has 2 aromatic rings. The van der Waals surface area contributed by atoms with Crippen molar-refractivity contribution in [3.05, 3.63) is 59.7 Å².